The summed E-state index contributed by atoms with van der Waals surface area (Å²) in [5.41, 5.74) is 0. The van der Waals surface area contributed by atoms with Crippen LogP contribution in [0.25, 0.3) is 0 Å². The predicted molar refractivity (Wildman–Crippen MR) is 93.9 cm³/mol. The van der Waals surface area contributed by atoms with Crippen molar-refractivity contribution in [3.8, 4) is 5.75 Å². The van der Waals surface area contributed by atoms with Gasteiger partial charge in [0.1, 0.15) is 11.9 Å². The lowest BCUT2D eigenvalue weighted by Crippen LogP contribution is -2.31. The summed E-state index contributed by atoms with van der Waals surface area (Å²) in [4.78, 5) is 26.3. The van der Waals surface area contributed by atoms with E-state index in [1.54, 1.807) is 11.8 Å². The van der Waals surface area contributed by atoms with E-state index in [1.807, 2.05) is 18.2 Å². The Balaban J connectivity index is 1.27. The topological polar surface area (TPSA) is 97.2 Å². The van der Waals surface area contributed by atoms with E-state index in [-0.39, 0.29) is 12.0 Å². The molecule has 0 fully saturated rings. The van der Waals surface area contributed by atoms with Crippen LogP contribution in [0.3, 0.4) is 0 Å². The zero-order valence-corrected chi connectivity index (χ0v) is 14.6. The molecule has 0 bridgehead atoms. The molecule has 2 aromatic rings. The van der Waals surface area contributed by atoms with Gasteiger partial charge in [0.05, 0.1) is 0 Å². The minimum Gasteiger partial charge on any atom is -0.488 e. The lowest BCUT2D eigenvalue weighted by Gasteiger charge is -2.25. The van der Waals surface area contributed by atoms with Crippen LogP contribution in [0.1, 0.15) is 31.5 Å². The average Bonchev–Trinajstić information content (AvgIpc) is 3.04. The highest BCUT2D eigenvalue weighted by atomic mass is 32.2. The molecule has 7 nitrogen and oxygen atoms in total. The number of hydrogen-bond acceptors (Lipinski definition) is 6. The van der Waals surface area contributed by atoms with Crippen LogP contribution in [0.5, 0.6) is 5.75 Å². The Hall–Kier alpha value is -2.22. The number of carbonyl (C=O) groups is 1. The number of hydrogen-bond donors (Lipinski definition) is 2. The zero-order chi connectivity index (χ0) is 17.5. The van der Waals surface area contributed by atoms with Crippen molar-refractivity contribution < 1.29 is 14.1 Å². The molecule has 134 valence electrons. The first kappa shape index (κ1) is 17.6. The monoisotopic (exact) mass is 363 g/mol. The molecule has 0 radical (unpaired) electrons. The van der Waals surface area contributed by atoms with Gasteiger partial charge in [0.2, 0.25) is 5.91 Å². The highest BCUT2D eigenvalue weighted by Gasteiger charge is 2.19. The summed E-state index contributed by atoms with van der Waals surface area (Å²) in [7, 11) is 0. The fourth-order valence-corrected chi connectivity index (χ4v) is 3.65. The highest BCUT2D eigenvalue weighted by molar-refractivity contribution is 7.99. The fourth-order valence-electron chi connectivity index (χ4n) is 2.61. The average molecular weight is 363 g/mol. The molecule has 1 aromatic heterocycles. The van der Waals surface area contributed by atoms with E-state index in [0.29, 0.717) is 25.2 Å². The number of rotatable bonds is 8. The minimum atomic E-state index is -0.543. The van der Waals surface area contributed by atoms with Crippen LogP contribution < -0.4 is 15.8 Å². The molecular formula is C17H21N3O4S. The van der Waals surface area contributed by atoms with E-state index in [1.165, 1.54) is 4.90 Å². The molecule has 1 atom stereocenters. The number of nitrogens with one attached hydrogen (secondary N) is 2. The van der Waals surface area contributed by atoms with Crippen molar-refractivity contribution in [3.05, 3.63) is 40.6 Å². The lowest BCUT2D eigenvalue weighted by molar-refractivity contribution is -0.121. The number of fused-ring (bicyclic) bond motifs is 1. The van der Waals surface area contributed by atoms with Gasteiger partial charge in [-0.3, -0.25) is 14.3 Å². The molecule has 1 aliphatic rings. The second-order valence-electron chi connectivity index (χ2n) is 5.89. The number of aromatic nitrogens is 2. The number of nitrogens with zero attached hydrogens (tertiary/aromatic N) is 1. The Kier molecular flexibility index (Phi) is 6.16. The molecule has 0 saturated heterocycles. The summed E-state index contributed by atoms with van der Waals surface area (Å²) < 4.78 is 10.4. The first-order chi connectivity index (χ1) is 12.2. The molecule has 2 heterocycles. The van der Waals surface area contributed by atoms with Crippen LogP contribution in [-0.2, 0) is 11.2 Å². The van der Waals surface area contributed by atoms with E-state index >= 15 is 0 Å². The van der Waals surface area contributed by atoms with Gasteiger partial charge in [-0.15, -0.1) is 11.8 Å². The van der Waals surface area contributed by atoms with Gasteiger partial charge < -0.3 is 10.1 Å². The molecule has 25 heavy (non-hydrogen) atoms. The summed E-state index contributed by atoms with van der Waals surface area (Å²) in [5, 5.41) is 6.53. The van der Waals surface area contributed by atoms with Crippen molar-refractivity contribution in [2.75, 3.05) is 12.3 Å². The second kappa shape index (κ2) is 8.75. The van der Waals surface area contributed by atoms with Gasteiger partial charge in [0, 0.05) is 36.5 Å². The molecule has 0 aliphatic carbocycles. The van der Waals surface area contributed by atoms with Crippen molar-refractivity contribution in [2.24, 2.45) is 0 Å². The zero-order valence-electron chi connectivity index (χ0n) is 13.8. The standard InChI is InChI=1S/C17H21N3O4S/c21-16(8-4-3-7-15-19-17(22)24-20-15)18-10-9-12-11-25-14-6-2-1-5-13(14)23-12/h1-2,5-6,12H,3-4,7-11H2,(H,18,21)(H,19,20,22). The second-order valence-corrected chi connectivity index (χ2v) is 6.95. The number of unbranched alkanes of at least 4 members (excludes halogenated alkanes) is 1. The normalized spacial score (nSPS) is 16.1. The molecule has 1 unspecified atom stereocenters. The largest absolute Gasteiger partial charge is 0.488 e. The molecule has 0 spiro atoms. The van der Waals surface area contributed by atoms with Gasteiger partial charge in [-0.25, -0.2) is 4.79 Å². The molecule has 1 aliphatic heterocycles. The Bertz CT molecular complexity index is 758. The van der Waals surface area contributed by atoms with Crippen molar-refractivity contribution in [1.82, 2.24) is 15.5 Å². The fraction of sp³-hybridized carbons (Fsp3) is 0.471. The van der Waals surface area contributed by atoms with Crippen LogP contribution in [0.15, 0.2) is 38.5 Å². The Morgan fingerprint density at radius 2 is 2.24 bits per heavy atom. The van der Waals surface area contributed by atoms with E-state index in [9.17, 15) is 9.59 Å². The lowest BCUT2D eigenvalue weighted by atomic mass is 10.2. The summed E-state index contributed by atoms with van der Waals surface area (Å²) in [6.45, 7) is 0.614. The van der Waals surface area contributed by atoms with E-state index < -0.39 is 5.76 Å². The Morgan fingerprint density at radius 1 is 1.36 bits per heavy atom. The summed E-state index contributed by atoms with van der Waals surface area (Å²) in [6.07, 6.45) is 3.51. The maximum atomic E-state index is 11.8. The van der Waals surface area contributed by atoms with Crippen molar-refractivity contribution in [1.29, 1.82) is 0 Å². The number of H-pyrrole nitrogens is 1. The van der Waals surface area contributed by atoms with Gasteiger partial charge in [-0.2, -0.15) is 0 Å². The Morgan fingerprint density at radius 3 is 3.08 bits per heavy atom. The quantitative estimate of drug-likeness (QED) is 0.698. The van der Waals surface area contributed by atoms with Gasteiger partial charge >= 0.3 is 5.76 Å². The van der Waals surface area contributed by atoms with Gasteiger partial charge in [-0.1, -0.05) is 17.3 Å². The molecular weight excluding hydrogens is 342 g/mol. The van der Waals surface area contributed by atoms with Crippen LogP contribution in [0, 0.1) is 0 Å². The maximum Gasteiger partial charge on any atom is 0.438 e. The van der Waals surface area contributed by atoms with Crippen molar-refractivity contribution in [2.45, 2.75) is 43.1 Å². The number of thioether (sulfide) groups is 1. The van der Waals surface area contributed by atoms with Crippen LogP contribution in [0.2, 0.25) is 0 Å². The molecule has 1 amide bonds. The van der Waals surface area contributed by atoms with Crippen molar-refractivity contribution >= 4 is 17.7 Å². The molecule has 2 N–H and O–H groups in total. The number of benzene rings is 1. The van der Waals surface area contributed by atoms with Crippen LogP contribution in [-0.4, -0.2) is 34.4 Å². The number of carbonyl (C=O) groups excluding carboxylic acids is 1. The van der Waals surface area contributed by atoms with Gasteiger partial charge in [-0.05, 0) is 25.0 Å². The third-order valence-electron chi connectivity index (χ3n) is 3.91. The van der Waals surface area contributed by atoms with Crippen LogP contribution in [0.4, 0.5) is 0 Å². The number of amides is 1. The molecule has 8 heteroatoms. The molecule has 0 saturated carbocycles. The first-order valence-corrected chi connectivity index (χ1v) is 9.39. The maximum absolute atomic E-state index is 11.8. The first-order valence-electron chi connectivity index (χ1n) is 8.41. The van der Waals surface area contributed by atoms with E-state index in [2.05, 4.69) is 26.0 Å². The Labute approximate surface area is 149 Å². The number of ether oxygens (including phenoxy) is 1. The minimum absolute atomic E-state index is 0.0394. The van der Waals surface area contributed by atoms with Crippen molar-refractivity contribution in [3.63, 3.8) is 0 Å². The number of aromatic amines is 1. The third-order valence-corrected chi connectivity index (χ3v) is 5.10. The van der Waals surface area contributed by atoms with Gasteiger partial charge in [0.15, 0.2) is 5.82 Å². The van der Waals surface area contributed by atoms with Crippen LogP contribution >= 0.6 is 11.8 Å². The van der Waals surface area contributed by atoms with Gasteiger partial charge in [0.25, 0.3) is 0 Å². The number of aryl methyl sites for hydroxylation is 1. The summed E-state index contributed by atoms with van der Waals surface area (Å²) in [6, 6.07) is 8.02. The summed E-state index contributed by atoms with van der Waals surface area (Å²) in [5.74, 6) is 1.86. The molecule has 1 aromatic carbocycles. The predicted octanol–water partition coefficient (Wildman–Crippen LogP) is 2.14. The third kappa shape index (κ3) is 5.38. The number of para-hydroxylation sites is 1. The van der Waals surface area contributed by atoms with E-state index in [4.69, 9.17) is 4.74 Å². The SMILES string of the molecule is O=C(CCCCc1noc(=O)[nH]1)NCCC1CSc2ccccc2O1. The van der Waals surface area contributed by atoms with E-state index in [0.717, 1.165) is 30.8 Å². The molecule has 3 rings (SSSR count). The highest BCUT2D eigenvalue weighted by Crippen LogP contribution is 2.35. The summed E-state index contributed by atoms with van der Waals surface area (Å²) >= 11 is 1.80. The smallest absolute Gasteiger partial charge is 0.438 e.